The lowest BCUT2D eigenvalue weighted by molar-refractivity contribution is -0.120. The molecule has 0 aliphatic heterocycles. The molecule has 3 heterocycles. The first-order valence-corrected chi connectivity index (χ1v) is 10.1. The third kappa shape index (κ3) is 3.72. The summed E-state index contributed by atoms with van der Waals surface area (Å²) in [4.78, 5) is 22.6. The summed E-state index contributed by atoms with van der Waals surface area (Å²) in [7, 11) is 3.57. The summed E-state index contributed by atoms with van der Waals surface area (Å²) in [6.45, 7) is 0.369. The number of nitrogens with one attached hydrogen (secondary N) is 1. The Kier molecular flexibility index (Phi) is 4.91. The van der Waals surface area contributed by atoms with Gasteiger partial charge in [-0.25, -0.2) is 9.97 Å². The number of nitrogens with zero attached hydrogens (tertiary/aromatic N) is 3. The molecular weight excluding hydrogens is 380 g/mol. The van der Waals surface area contributed by atoms with Gasteiger partial charge in [0.25, 0.3) is 0 Å². The fourth-order valence-electron chi connectivity index (χ4n) is 2.82. The van der Waals surface area contributed by atoms with Crippen LogP contribution in [0, 0.1) is 0 Å². The van der Waals surface area contributed by atoms with E-state index in [9.17, 15) is 4.79 Å². The zero-order valence-electron chi connectivity index (χ0n) is 14.9. The molecule has 0 radical (unpaired) electrons. The number of fused-ring (bicyclic) bond motifs is 1. The van der Waals surface area contributed by atoms with Gasteiger partial charge in [-0.1, -0.05) is 6.07 Å². The molecule has 0 atom stereocenters. The van der Waals surface area contributed by atoms with E-state index in [1.807, 2.05) is 52.7 Å². The first-order valence-electron chi connectivity index (χ1n) is 8.38. The number of aromatic nitrogens is 3. The average molecular weight is 399 g/mol. The highest BCUT2D eigenvalue weighted by atomic mass is 32.1. The lowest BCUT2D eigenvalue weighted by atomic mass is 10.3. The minimum Gasteiger partial charge on any atom is -0.497 e. The average Bonchev–Trinajstić information content (AvgIpc) is 3.40. The van der Waals surface area contributed by atoms with Crippen molar-refractivity contribution in [1.29, 1.82) is 0 Å². The van der Waals surface area contributed by atoms with Gasteiger partial charge in [-0.3, -0.25) is 4.79 Å². The highest BCUT2D eigenvalue weighted by Gasteiger charge is 2.12. The number of hydrogen-bond donors (Lipinski definition) is 1. The highest BCUT2D eigenvalue weighted by Crippen LogP contribution is 2.28. The van der Waals surface area contributed by atoms with Crippen LogP contribution in [0.4, 0.5) is 0 Å². The first kappa shape index (κ1) is 17.7. The molecule has 4 aromatic rings. The zero-order valence-corrected chi connectivity index (χ0v) is 16.6. The van der Waals surface area contributed by atoms with Crippen molar-refractivity contribution in [1.82, 2.24) is 19.9 Å². The molecule has 138 valence electrons. The molecule has 0 saturated carbocycles. The normalized spacial score (nSPS) is 11.0. The van der Waals surface area contributed by atoms with Crippen LogP contribution in [0.5, 0.6) is 5.75 Å². The molecule has 8 heteroatoms. The van der Waals surface area contributed by atoms with E-state index >= 15 is 0 Å². The predicted molar refractivity (Wildman–Crippen MR) is 108 cm³/mol. The third-order valence-electron chi connectivity index (χ3n) is 4.25. The third-order valence-corrected chi connectivity index (χ3v) is 6.18. The number of carbonyl (C=O) groups is 1. The SMILES string of the molecule is COc1ccc2c(c1)nc(CNC(=O)Cc1csc(-c3cccs3)n1)n2C. The van der Waals surface area contributed by atoms with Crippen molar-refractivity contribution in [2.24, 2.45) is 7.05 Å². The number of rotatable bonds is 6. The van der Waals surface area contributed by atoms with Crippen LogP contribution >= 0.6 is 22.7 Å². The monoisotopic (exact) mass is 398 g/mol. The molecule has 0 aliphatic rings. The van der Waals surface area contributed by atoms with Gasteiger partial charge in [0, 0.05) is 18.5 Å². The molecule has 1 N–H and O–H groups in total. The van der Waals surface area contributed by atoms with Crippen molar-refractivity contribution in [3.05, 3.63) is 52.6 Å². The summed E-state index contributed by atoms with van der Waals surface area (Å²) in [6, 6.07) is 9.80. The minimum atomic E-state index is -0.0670. The quantitative estimate of drug-likeness (QED) is 0.539. The van der Waals surface area contributed by atoms with Crippen molar-refractivity contribution in [3.8, 4) is 15.6 Å². The number of ether oxygens (including phenoxy) is 1. The van der Waals surface area contributed by atoms with E-state index in [-0.39, 0.29) is 12.3 Å². The van der Waals surface area contributed by atoms with Gasteiger partial charge in [-0.15, -0.1) is 22.7 Å². The fourth-order valence-corrected chi connectivity index (χ4v) is 4.45. The van der Waals surface area contributed by atoms with E-state index < -0.39 is 0 Å². The van der Waals surface area contributed by atoms with E-state index in [1.54, 1.807) is 29.8 Å². The predicted octanol–water partition coefficient (Wildman–Crippen LogP) is 3.63. The summed E-state index contributed by atoms with van der Waals surface area (Å²) in [5.74, 6) is 1.49. The van der Waals surface area contributed by atoms with E-state index in [0.29, 0.717) is 6.54 Å². The van der Waals surface area contributed by atoms with Gasteiger partial charge in [0.2, 0.25) is 5.91 Å². The summed E-state index contributed by atoms with van der Waals surface area (Å²) in [5.41, 5.74) is 2.64. The molecule has 27 heavy (non-hydrogen) atoms. The van der Waals surface area contributed by atoms with Crippen LogP contribution in [0.25, 0.3) is 20.9 Å². The van der Waals surface area contributed by atoms with Crippen molar-refractivity contribution < 1.29 is 9.53 Å². The summed E-state index contributed by atoms with van der Waals surface area (Å²) in [6.07, 6.45) is 0.264. The summed E-state index contributed by atoms with van der Waals surface area (Å²) < 4.78 is 7.22. The molecule has 0 bridgehead atoms. The van der Waals surface area contributed by atoms with Crippen LogP contribution in [0.3, 0.4) is 0 Å². The number of benzene rings is 1. The van der Waals surface area contributed by atoms with Gasteiger partial charge >= 0.3 is 0 Å². The number of imidazole rings is 1. The Morgan fingerprint density at radius 2 is 2.15 bits per heavy atom. The Balaban J connectivity index is 1.40. The molecule has 6 nitrogen and oxygen atoms in total. The van der Waals surface area contributed by atoms with Gasteiger partial charge in [-0.2, -0.15) is 0 Å². The number of aryl methyl sites for hydroxylation is 1. The molecule has 4 rings (SSSR count). The lowest BCUT2D eigenvalue weighted by Crippen LogP contribution is -2.26. The van der Waals surface area contributed by atoms with Crippen molar-refractivity contribution >= 4 is 39.6 Å². The Hall–Kier alpha value is -2.71. The standard InChI is InChI=1S/C19H18N4O2S2/c1-23-15-6-5-13(25-2)9-14(15)22-17(23)10-20-18(24)8-12-11-27-19(21-12)16-4-3-7-26-16/h3-7,9,11H,8,10H2,1-2H3,(H,20,24). The molecule has 0 fully saturated rings. The van der Waals surface area contributed by atoms with E-state index in [0.717, 1.165) is 38.2 Å². The van der Waals surface area contributed by atoms with Crippen molar-refractivity contribution in [2.75, 3.05) is 7.11 Å². The van der Waals surface area contributed by atoms with E-state index in [1.165, 1.54) is 0 Å². The van der Waals surface area contributed by atoms with Gasteiger partial charge in [0.05, 0.1) is 41.7 Å². The van der Waals surface area contributed by atoms with Crippen LogP contribution in [0.2, 0.25) is 0 Å². The van der Waals surface area contributed by atoms with E-state index in [2.05, 4.69) is 15.3 Å². The second-order valence-electron chi connectivity index (χ2n) is 6.02. The topological polar surface area (TPSA) is 69.0 Å². The molecule has 0 unspecified atom stereocenters. The van der Waals surface area contributed by atoms with Crippen molar-refractivity contribution in [2.45, 2.75) is 13.0 Å². The molecule has 0 aliphatic carbocycles. The fraction of sp³-hybridized carbons (Fsp3) is 0.211. The number of thiophene rings is 1. The summed E-state index contributed by atoms with van der Waals surface area (Å²) >= 11 is 3.21. The van der Waals surface area contributed by atoms with Crippen LogP contribution < -0.4 is 10.1 Å². The van der Waals surface area contributed by atoms with Crippen molar-refractivity contribution in [3.63, 3.8) is 0 Å². The van der Waals surface area contributed by atoms with Crippen LogP contribution in [0.1, 0.15) is 11.5 Å². The van der Waals surface area contributed by atoms with E-state index in [4.69, 9.17) is 4.74 Å². The maximum atomic E-state index is 12.3. The number of amides is 1. The van der Waals surface area contributed by atoms with Gasteiger partial charge in [-0.05, 0) is 23.6 Å². The Bertz CT molecular complexity index is 1080. The number of thiazole rings is 1. The number of carbonyl (C=O) groups excluding carboxylic acids is 1. The second-order valence-corrected chi connectivity index (χ2v) is 7.82. The Morgan fingerprint density at radius 1 is 1.26 bits per heavy atom. The molecule has 0 saturated heterocycles. The number of hydrogen-bond acceptors (Lipinski definition) is 6. The Morgan fingerprint density at radius 3 is 2.93 bits per heavy atom. The second kappa shape index (κ2) is 7.50. The van der Waals surface area contributed by atoms with Gasteiger partial charge < -0.3 is 14.6 Å². The van der Waals surface area contributed by atoms with Gasteiger partial charge in [0.15, 0.2) is 0 Å². The van der Waals surface area contributed by atoms with Gasteiger partial charge in [0.1, 0.15) is 16.6 Å². The molecule has 1 aromatic carbocycles. The molecular formula is C19H18N4O2S2. The van der Waals surface area contributed by atoms with Crippen LogP contribution in [0.15, 0.2) is 41.1 Å². The number of methoxy groups -OCH3 is 1. The Labute approximate surface area is 164 Å². The lowest BCUT2D eigenvalue weighted by Gasteiger charge is -2.05. The zero-order chi connectivity index (χ0) is 18.8. The van der Waals surface area contributed by atoms with Crippen LogP contribution in [-0.4, -0.2) is 27.6 Å². The largest absolute Gasteiger partial charge is 0.497 e. The maximum Gasteiger partial charge on any atom is 0.226 e. The maximum absolute atomic E-state index is 12.3. The molecule has 3 aromatic heterocycles. The summed E-state index contributed by atoms with van der Waals surface area (Å²) in [5, 5.41) is 7.86. The molecule has 1 amide bonds. The smallest absolute Gasteiger partial charge is 0.226 e. The molecule has 0 spiro atoms. The highest BCUT2D eigenvalue weighted by molar-refractivity contribution is 7.20. The van der Waals surface area contributed by atoms with Crippen LogP contribution in [-0.2, 0) is 24.8 Å². The minimum absolute atomic E-state index is 0.0670. The first-order chi connectivity index (χ1) is 13.1.